The molecule has 1 aliphatic heterocycles. The van der Waals surface area contributed by atoms with Crippen molar-refractivity contribution in [3.63, 3.8) is 0 Å². The molecule has 1 N–H and O–H groups in total. The smallest absolute Gasteiger partial charge is 0.366 e. The van der Waals surface area contributed by atoms with Crippen molar-refractivity contribution in [3.05, 3.63) is 52.0 Å². The number of benzene rings is 2. The van der Waals surface area contributed by atoms with E-state index in [1.54, 1.807) is 11.8 Å². The van der Waals surface area contributed by atoms with Gasteiger partial charge in [0, 0.05) is 46.6 Å². The lowest BCUT2D eigenvalue weighted by Crippen LogP contribution is -2.30. The minimum absolute atomic E-state index is 0.0283. The molecule has 0 spiro atoms. The molecule has 31 heavy (non-hydrogen) atoms. The number of aryl methyl sites for hydroxylation is 2. The number of anilines is 2. The molecule has 0 atom stereocenters. The molecule has 2 aliphatic rings. The van der Waals surface area contributed by atoms with Gasteiger partial charge in [-0.25, -0.2) is 0 Å². The maximum atomic E-state index is 13.2. The van der Waals surface area contributed by atoms with Crippen molar-refractivity contribution in [2.24, 2.45) is 5.41 Å². The predicted molar refractivity (Wildman–Crippen MR) is 120 cm³/mol. The van der Waals surface area contributed by atoms with Gasteiger partial charge in [-0.1, -0.05) is 17.7 Å². The molecule has 1 saturated carbocycles. The van der Waals surface area contributed by atoms with Crippen LogP contribution in [-0.2, 0) is 11.3 Å². The SMILES string of the molecule is Cc1cc(N2CCSc3cc(Cl)ccc3C2)cc(C)c1NC(=O)CC1(C(F)(F)F)CC1. The number of hydrogen-bond donors (Lipinski definition) is 1. The molecule has 2 aromatic carbocycles. The van der Waals surface area contributed by atoms with Gasteiger partial charge in [-0.2, -0.15) is 13.2 Å². The molecule has 0 unspecified atom stereocenters. The van der Waals surface area contributed by atoms with Crippen molar-refractivity contribution >= 4 is 40.6 Å². The van der Waals surface area contributed by atoms with Crippen LogP contribution in [0.5, 0.6) is 0 Å². The van der Waals surface area contributed by atoms with Crippen molar-refractivity contribution in [2.45, 2.75) is 50.7 Å². The number of alkyl halides is 3. The highest BCUT2D eigenvalue weighted by atomic mass is 35.5. The van der Waals surface area contributed by atoms with Crippen molar-refractivity contribution in [1.82, 2.24) is 0 Å². The van der Waals surface area contributed by atoms with Crippen LogP contribution in [0.1, 0.15) is 36.0 Å². The highest BCUT2D eigenvalue weighted by molar-refractivity contribution is 7.99. The first-order valence-electron chi connectivity index (χ1n) is 10.2. The average molecular weight is 469 g/mol. The highest BCUT2D eigenvalue weighted by Crippen LogP contribution is 2.60. The number of amides is 1. The highest BCUT2D eigenvalue weighted by Gasteiger charge is 2.63. The van der Waals surface area contributed by atoms with Crippen LogP contribution >= 0.6 is 23.4 Å². The number of halogens is 4. The van der Waals surface area contributed by atoms with Gasteiger partial charge >= 0.3 is 6.18 Å². The number of rotatable bonds is 4. The van der Waals surface area contributed by atoms with Gasteiger partial charge in [0.2, 0.25) is 5.91 Å². The second kappa shape index (κ2) is 8.24. The van der Waals surface area contributed by atoms with Crippen LogP contribution in [-0.4, -0.2) is 24.4 Å². The van der Waals surface area contributed by atoms with E-state index >= 15 is 0 Å². The Morgan fingerprint density at radius 2 is 1.87 bits per heavy atom. The first kappa shape index (κ1) is 22.3. The summed E-state index contributed by atoms with van der Waals surface area (Å²) in [6, 6.07) is 9.92. The number of thioether (sulfide) groups is 1. The fourth-order valence-corrected chi connectivity index (χ4v) is 5.38. The van der Waals surface area contributed by atoms with Gasteiger partial charge in [0.1, 0.15) is 0 Å². The lowest BCUT2D eigenvalue weighted by Gasteiger charge is -2.25. The molecular formula is C23H24ClF3N2OS. The lowest BCUT2D eigenvalue weighted by molar-refractivity contribution is -0.189. The third kappa shape index (κ3) is 4.67. The van der Waals surface area contributed by atoms with E-state index in [9.17, 15) is 18.0 Å². The van der Waals surface area contributed by atoms with Gasteiger partial charge in [-0.05, 0) is 67.6 Å². The van der Waals surface area contributed by atoms with E-state index in [-0.39, 0.29) is 12.8 Å². The maximum absolute atomic E-state index is 13.2. The summed E-state index contributed by atoms with van der Waals surface area (Å²) < 4.78 is 39.5. The summed E-state index contributed by atoms with van der Waals surface area (Å²) in [5, 5.41) is 3.46. The van der Waals surface area contributed by atoms with E-state index in [2.05, 4.69) is 10.2 Å². The number of hydrogen-bond acceptors (Lipinski definition) is 3. The Kier molecular flexibility index (Phi) is 5.94. The minimum atomic E-state index is -4.33. The fourth-order valence-electron chi connectivity index (χ4n) is 4.09. The van der Waals surface area contributed by atoms with Gasteiger partial charge in [0.25, 0.3) is 0 Å². The Labute approximate surface area is 189 Å². The molecule has 4 rings (SSSR count). The second-order valence-electron chi connectivity index (χ2n) is 8.48. The average Bonchev–Trinajstić information content (AvgIpc) is 3.48. The molecule has 0 aromatic heterocycles. The van der Waals surface area contributed by atoms with Crippen LogP contribution in [0.4, 0.5) is 24.5 Å². The van der Waals surface area contributed by atoms with Gasteiger partial charge in [0.15, 0.2) is 0 Å². The summed E-state index contributed by atoms with van der Waals surface area (Å²) in [6.07, 6.45) is -4.79. The Bertz CT molecular complexity index is 997. The first-order valence-corrected chi connectivity index (χ1v) is 11.6. The Morgan fingerprint density at radius 3 is 2.48 bits per heavy atom. The zero-order valence-electron chi connectivity index (χ0n) is 17.4. The van der Waals surface area contributed by atoms with Gasteiger partial charge in [-0.3, -0.25) is 4.79 Å². The van der Waals surface area contributed by atoms with Crippen LogP contribution in [0.2, 0.25) is 5.02 Å². The normalized spacial score (nSPS) is 17.7. The first-order chi connectivity index (χ1) is 14.6. The monoisotopic (exact) mass is 468 g/mol. The number of nitrogens with zero attached hydrogens (tertiary/aromatic N) is 1. The van der Waals surface area contributed by atoms with E-state index < -0.39 is 23.9 Å². The molecule has 0 radical (unpaired) electrons. The van der Waals surface area contributed by atoms with E-state index in [0.29, 0.717) is 5.69 Å². The number of carbonyl (C=O) groups is 1. The third-order valence-electron chi connectivity index (χ3n) is 6.11. The Hall–Kier alpha value is -1.86. The molecule has 1 fully saturated rings. The van der Waals surface area contributed by atoms with E-state index in [1.807, 2.05) is 44.2 Å². The van der Waals surface area contributed by atoms with Crippen LogP contribution in [0.15, 0.2) is 35.2 Å². The summed E-state index contributed by atoms with van der Waals surface area (Å²) in [6.45, 7) is 5.36. The lowest BCUT2D eigenvalue weighted by atomic mass is 10.0. The zero-order valence-corrected chi connectivity index (χ0v) is 19.0. The molecule has 8 heteroatoms. The van der Waals surface area contributed by atoms with Crippen LogP contribution in [0.25, 0.3) is 0 Å². The quantitative estimate of drug-likeness (QED) is 0.539. The van der Waals surface area contributed by atoms with E-state index in [1.165, 1.54) is 10.5 Å². The molecule has 1 heterocycles. The molecule has 1 amide bonds. The number of carbonyl (C=O) groups excluding carboxylic acids is 1. The summed E-state index contributed by atoms with van der Waals surface area (Å²) >= 11 is 7.91. The summed E-state index contributed by atoms with van der Waals surface area (Å²) in [4.78, 5) is 15.8. The third-order valence-corrected chi connectivity index (χ3v) is 7.42. The van der Waals surface area contributed by atoms with E-state index in [0.717, 1.165) is 40.7 Å². The van der Waals surface area contributed by atoms with Crippen molar-refractivity contribution in [3.8, 4) is 0 Å². The fraction of sp³-hybridized carbons (Fsp3) is 0.435. The maximum Gasteiger partial charge on any atom is 0.395 e. The molecule has 166 valence electrons. The molecule has 0 bridgehead atoms. The Balaban J connectivity index is 1.51. The largest absolute Gasteiger partial charge is 0.395 e. The number of nitrogens with one attached hydrogen (secondary N) is 1. The van der Waals surface area contributed by atoms with Gasteiger partial charge in [-0.15, -0.1) is 11.8 Å². The molecule has 2 aromatic rings. The molecule has 1 aliphatic carbocycles. The zero-order chi connectivity index (χ0) is 22.4. The van der Waals surface area contributed by atoms with Gasteiger partial charge < -0.3 is 10.2 Å². The molecule has 0 saturated heterocycles. The van der Waals surface area contributed by atoms with Crippen LogP contribution in [0.3, 0.4) is 0 Å². The van der Waals surface area contributed by atoms with Crippen molar-refractivity contribution in [2.75, 3.05) is 22.5 Å². The van der Waals surface area contributed by atoms with Crippen LogP contribution in [0, 0.1) is 19.3 Å². The van der Waals surface area contributed by atoms with Crippen molar-refractivity contribution in [1.29, 1.82) is 0 Å². The molecule has 3 nitrogen and oxygen atoms in total. The Morgan fingerprint density at radius 1 is 1.19 bits per heavy atom. The van der Waals surface area contributed by atoms with Gasteiger partial charge in [0.05, 0.1) is 5.41 Å². The summed E-state index contributed by atoms with van der Waals surface area (Å²) in [5.74, 6) is 0.342. The van der Waals surface area contributed by atoms with Crippen LogP contribution < -0.4 is 10.2 Å². The predicted octanol–water partition coefficient (Wildman–Crippen LogP) is 6.74. The summed E-state index contributed by atoms with van der Waals surface area (Å²) in [5.41, 5.74) is 2.69. The molecular weight excluding hydrogens is 445 g/mol. The second-order valence-corrected chi connectivity index (χ2v) is 10.1. The summed E-state index contributed by atoms with van der Waals surface area (Å²) in [7, 11) is 0. The minimum Gasteiger partial charge on any atom is -0.366 e. The number of fused-ring (bicyclic) bond motifs is 1. The van der Waals surface area contributed by atoms with E-state index in [4.69, 9.17) is 11.6 Å². The standard InChI is InChI=1S/C23H24ClF3N2OS/c1-14-9-18(29-7-8-31-19-11-17(24)4-3-16(19)13-29)10-15(2)21(14)28-20(30)12-22(5-6-22)23(25,26)27/h3-4,9-11H,5-8,12-13H2,1-2H3,(H,28,30). The van der Waals surface area contributed by atoms with Crippen molar-refractivity contribution < 1.29 is 18.0 Å². The topological polar surface area (TPSA) is 32.3 Å².